The molecule has 2 aromatic rings. The van der Waals surface area contributed by atoms with Gasteiger partial charge in [-0.3, -0.25) is 0 Å². The SMILES string of the molecule is COc1cc(C)c(-c2cnc(C)[nH]2)cc1C(C)C. The second-order valence-corrected chi connectivity index (χ2v) is 4.95. The van der Waals surface area contributed by atoms with Crippen molar-refractivity contribution in [2.45, 2.75) is 33.6 Å². The predicted molar refractivity (Wildman–Crippen MR) is 74.1 cm³/mol. The number of imidazole rings is 1. The molecule has 0 spiro atoms. The van der Waals surface area contributed by atoms with Crippen molar-refractivity contribution in [3.8, 4) is 17.0 Å². The molecule has 3 heteroatoms. The van der Waals surface area contributed by atoms with Crippen molar-refractivity contribution >= 4 is 0 Å². The van der Waals surface area contributed by atoms with E-state index in [0.29, 0.717) is 5.92 Å². The molecule has 0 bridgehead atoms. The number of hydrogen-bond donors (Lipinski definition) is 1. The van der Waals surface area contributed by atoms with Crippen molar-refractivity contribution in [3.63, 3.8) is 0 Å². The van der Waals surface area contributed by atoms with Gasteiger partial charge in [-0.05, 0) is 43.0 Å². The Hall–Kier alpha value is -1.77. The quantitative estimate of drug-likeness (QED) is 0.891. The van der Waals surface area contributed by atoms with Gasteiger partial charge >= 0.3 is 0 Å². The van der Waals surface area contributed by atoms with Gasteiger partial charge in [0.1, 0.15) is 11.6 Å². The summed E-state index contributed by atoms with van der Waals surface area (Å²) in [4.78, 5) is 7.55. The Kier molecular flexibility index (Phi) is 3.41. The summed E-state index contributed by atoms with van der Waals surface area (Å²) in [5.74, 6) is 2.33. The molecule has 0 aliphatic carbocycles. The molecule has 1 aromatic heterocycles. The summed E-state index contributed by atoms with van der Waals surface area (Å²) in [6.07, 6.45) is 1.88. The monoisotopic (exact) mass is 244 g/mol. The van der Waals surface area contributed by atoms with Crippen LogP contribution in [0, 0.1) is 13.8 Å². The van der Waals surface area contributed by atoms with Crippen LogP contribution in [0.3, 0.4) is 0 Å². The minimum absolute atomic E-state index is 0.434. The smallest absolute Gasteiger partial charge is 0.122 e. The lowest BCUT2D eigenvalue weighted by atomic mass is 9.95. The second-order valence-electron chi connectivity index (χ2n) is 4.95. The average Bonchev–Trinajstić information content (AvgIpc) is 2.74. The van der Waals surface area contributed by atoms with Crippen LogP contribution in [0.15, 0.2) is 18.3 Å². The van der Waals surface area contributed by atoms with Gasteiger partial charge in [0.15, 0.2) is 0 Å². The Morgan fingerprint density at radius 2 is 1.94 bits per heavy atom. The summed E-state index contributed by atoms with van der Waals surface area (Å²) < 4.78 is 5.46. The number of nitrogens with zero attached hydrogens (tertiary/aromatic N) is 1. The number of hydrogen-bond acceptors (Lipinski definition) is 2. The molecule has 2 rings (SSSR count). The van der Waals surface area contributed by atoms with Crippen LogP contribution < -0.4 is 4.74 Å². The van der Waals surface area contributed by atoms with E-state index in [9.17, 15) is 0 Å². The van der Waals surface area contributed by atoms with Gasteiger partial charge in [0.25, 0.3) is 0 Å². The van der Waals surface area contributed by atoms with Crippen LogP contribution in [0.1, 0.15) is 36.7 Å². The summed E-state index contributed by atoms with van der Waals surface area (Å²) in [5, 5.41) is 0. The zero-order valence-corrected chi connectivity index (χ0v) is 11.7. The van der Waals surface area contributed by atoms with Crippen LogP contribution >= 0.6 is 0 Å². The molecule has 18 heavy (non-hydrogen) atoms. The molecule has 1 aromatic carbocycles. The Bertz CT molecular complexity index is 556. The number of aromatic nitrogens is 2. The Morgan fingerprint density at radius 3 is 2.44 bits per heavy atom. The van der Waals surface area contributed by atoms with Crippen LogP contribution in [-0.4, -0.2) is 17.1 Å². The van der Waals surface area contributed by atoms with E-state index in [1.54, 1.807) is 7.11 Å². The molecule has 0 radical (unpaired) electrons. The molecule has 0 unspecified atom stereocenters. The van der Waals surface area contributed by atoms with Gasteiger partial charge < -0.3 is 9.72 Å². The zero-order chi connectivity index (χ0) is 13.3. The van der Waals surface area contributed by atoms with E-state index in [0.717, 1.165) is 17.3 Å². The lowest BCUT2D eigenvalue weighted by Crippen LogP contribution is -1.97. The van der Waals surface area contributed by atoms with E-state index >= 15 is 0 Å². The summed E-state index contributed by atoms with van der Waals surface area (Å²) in [6.45, 7) is 8.41. The first-order chi connectivity index (χ1) is 8.52. The molecule has 0 saturated heterocycles. The number of H-pyrrole nitrogens is 1. The standard InChI is InChI=1S/C15H20N2O/c1-9(2)12-7-13(10(3)6-15(12)18-5)14-8-16-11(4)17-14/h6-9H,1-5H3,(H,16,17). The van der Waals surface area contributed by atoms with Crippen LogP contribution in [0.4, 0.5) is 0 Å². The molecular formula is C15H20N2O. The van der Waals surface area contributed by atoms with Gasteiger partial charge in [-0.25, -0.2) is 4.98 Å². The topological polar surface area (TPSA) is 37.9 Å². The second kappa shape index (κ2) is 4.84. The third kappa shape index (κ3) is 2.26. The Labute approximate surface area is 108 Å². The van der Waals surface area contributed by atoms with E-state index in [2.05, 4.69) is 42.9 Å². The highest BCUT2D eigenvalue weighted by Crippen LogP contribution is 2.33. The van der Waals surface area contributed by atoms with Crippen molar-refractivity contribution in [2.75, 3.05) is 7.11 Å². The number of aromatic amines is 1. The van der Waals surface area contributed by atoms with Gasteiger partial charge in [0, 0.05) is 5.56 Å². The van der Waals surface area contributed by atoms with Crippen LogP contribution in [0.5, 0.6) is 5.75 Å². The molecular weight excluding hydrogens is 224 g/mol. The molecule has 0 aliphatic heterocycles. The van der Waals surface area contributed by atoms with Gasteiger partial charge in [0.05, 0.1) is 19.0 Å². The Balaban J connectivity index is 2.58. The van der Waals surface area contributed by atoms with E-state index in [1.807, 2.05) is 13.1 Å². The maximum absolute atomic E-state index is 5.46. The third-order valence-corrected chi connectivity index (χ3v) is 3.19. The Morgan fingerprint density at radius 1 is 1.22 bits per heavy atom. The predicted octanol–water partition coefficient (Wildman–Crippen LogP) is 3.83. The molecule has 0 aliphatic rings. The highest BCUT2D eigenvalue weighted by atomic mass is 16.5. The lowest BCUT2D eigenvalue weighted by Gasteiger charge is -2.15. The normalized spacial score (nSPS) is 11.0. The first kappa shape index (κ1) is 12.7. The molecule has 0 atom stereocenters. The van der Waals surface area contributed by atoms with Gasteiger partial charge in [0.2, 0.25) is 0 Å². The van der Waals surface area contributed by atoms with Crippen LogP contribution in [0.2, 0.25) is 0 Å². The summed E-state index contributed by atoms with van der Waals surface area (Å²) in [5.41, 5.74) is 4.68. The molecule has 3 nitrogen and oxygen atoms in total. The van der Waals surface area contributed by atoms with Crippen molar-refractivity contribution < 1.29 is 4.74 Å². The van der Waals surface area contributed by atoms with Crippen molar-refractivity contribution in [1.29, 1.82) is 0 Å². The fraction of sp³-hybridized carbons (Fsp3) is 0.400. The van der Waals surface area contributed by atoms with Crippen molar-refractivity contribution in [2.24, 2.45) is 0 Å². The van der Waals surface area contributed by atoms with Gasteiger partial charge in [-0.2, -0.15) is 0 Å². The fourth-order valence-corrected chi connectivity index (χ4v) is 2.17. The third-order valence-electron chi connectivity index (χ3n) is 3.19. The number of nitrogens with one attached hydrogen (secondary N) is 1. The number of methoxy groups -OCH3 is 1. The largest absolute Gasteiger partial charge is 0.496 e. The molecule has 0 amide bonds. The lowest BCUT2D eigenvalue weighted by molar-refractivity contribution is 0.407. The van der Waals surface area contributed by atoms with Crippen molar-refractivity contribution in [3.05, 3.63) is 35.3 Å². The van der Waals surface area contributed by atoms with E-state index in [-0.39, 0.29) is 0 Å². The fourth-order valence-electron chi connectivity index (χ4n) is 2.17. The highest BCUT2D eigenvalue weighted by Gasteiger charge is 2.13. The van der Waals surface area contributed by atoms with Crippen LogP contribution in [0.25, 0.3) is 11.3 Å². The van der Waals surface area contributed by atoms with Gasteiger partial charge in [-0.1, -0.05) is 13.8 Å². The average molecular weight is 244 g/mol. The molecule has 96 valence electrons. The number of rotatable bonds is 3. The van der Waals surface area contributed by atoms with E-state index in [4.69, 9.17) is 4.74 Å². The first-order valence-corrected chi connectivity index (χ1v) is 6.23. The molecule has 0 fully saturated rings. The maximum atomic E-state index is 5.46. The zero-order valence-electron chi connectivity index (χ0n) is 11.7. The minimum Gasteiger partial charge on any atom is -0.496 e. The molecule has 1 heterocycles. The summed E-state index contributed by atoms with van der Waals surface area (Å²) in [6, 6.07) is 4.30. The van der Waals surface area contributed by atoms with E-state index in [1.165, 1.54) is 16.7 Å². The minimum atomic E-state index is 0.434. The summed E-state index contributed by atoms with van der Waals surface area (Å²) in [7, 11) is 1.72. The van der Waals surface area contributed by atoms with Crippen LogP contribution in [-0.2, 0) is 0 Å². The first-order valence-electron chi connectivity index (χ1n) is 6.23. The number of aryl methyl sites for hydroxylation is 2. The number of benzene rings is 1. The highest BCUT2D eigenvalue weighted by molar-refractivity contribution is 5.66. The van der Waals surface area contributed by atoms with Gasteiger partial charge in [-0.15, -0.1) is 0 Å². The maximum Gasteiger partial charge on any atom is 0.122 e. The number of ether oxygens (including phenoxy) is 1. The molecule has 1 N–H and O–H groups in total. The van der Waals surface area contributed by atoms with E-state index < -0.39 is 0 Å². The summed E-state index contributed by atoms with van der Waals surface area (Å²) >= 11 is 0. The molecule has 0 saturated carbocycles. The van der Waals surface area contributed by atoms with Crippen molar-refractivity contribution in [1.82, 2.24) is 9.97 Å².